The van der Waals surface area contributed by atoms with Crippen molar-refractivity contribution in [1.82, 2.24) is 4.57 Å². The second kappa shape index (κ2) is 5.19. The van der Waals surface area contributed by atoms with E-state index in [0.29, 0.717) is 11.5 Å². The predicted octanol–water partition coefficient (Wildman–Crippen LogP) is 3.12. The van der Waals surface area contributed by atoms with E-state index in [1.165, 1.54) is 12.8 Å². The van der Waals surface area contributed by atoms with Crippen LogP contribution >= 0.6 is 0 Å². The number of esters is 1. The van der Waals surface area contributed by atoms with Crippen LogP contribution in [0.4, 0.5) is 0 Å². The first-order valence-corrected chi connectivity index (χ1v) is 5.85. The highest BCUT2D eigenvalue weighted by Gasteiger charge is 2.19. The third-order valence-electron chi connectivity index (χ3n) is 3.24. The summed E-state index contributed by atoms with van der Waals surface area (Å²) in [5, 5.41) is 0. The minimum Gasteiger partial charge on any atom is -0.465 e. The van der Waals surface area contributed by atoms with E-state index in [1.54, 1.807) is 0 Å². The molecule has 0 aliphatic heterocycles. The molecule has 90 valence electrons. The third kappa shape index (κ3) is 2.13. The topological polar surface area (TPSA) is 31.2 Å². The highest BCUT2D eigenvalue weighted by molar-refractivity contribution is 5.91. The molecule has 0 aromatic carbocycles. The molecule has 1 aromatic rings. The maximum Gasteiger partial charge on any atom is 0.339 e. The van der Waals surface area contributed by atoms with Crippen molar-refractivity contribution in [2.24, 2.45) is 0 Å². The number of rotatable bonds is 4. The molecule has 0 spiro atoms. The summed E-state index contributed by atoms with van der Waals surface area (Å²) < 4.78 is 6.99. The number of aromatic nitrogens is 1. The molecule has 1 rings (SSSR count). The van der Waals surface area contributed by atoms with Gasteiger partial charge in [-0.25, -0.2) is 4.79 Å². The molecule has 1 unspecified atom stereocenters. The van der Waals surface area contributed by atoms with Crippen LogP contribution < -0.4 is 0 Å². The van der Waals surface area contributed by atoms with Crippen molar-refractivity contribution >= 4 is 5.97 Å². The monoisotopic (exact) mass is 223 g/mol. The zero-order chi connectivity index (χ0) is 12.3. The first-order valence-electron chi connectivity index (χ1n) is 5.85. The number of ether oxygens (including phenoxy) is 1. The Hall–Kier alpha value is -1.25. The minimum absolute atomic E-state index is 0.241. The summed E-state index contributed by atoms with van der Waals surface area (Å²) in [4.78, 5) is 11.6. The van der Waals surface area contributed by atoms with Gasteiger partial charge in [0.2, 0.25) is 0 Å². The molecular formula is C13H21NO2. The Labute approximate surface area is 97.4 Å². The van der Waals surface area contributed by atoms with Crippen molar-refractivity contribution in [3.63, 3.8) is 0 Å². The summed E-state index contributed by atoms with van der Waals surface area (Å²) >= 11 is 0. The van der Waals surface area contributed by atoms with Gasteiger partial charge in [-0.2, -0.15) is 0 Å². The number of nitrogens with zero attached hydrogens (tertiary/aromatic N) is 1. The zero-order valence-corrected chi connectivity index (χ0v) is 10.8. The van der Waals surface area contributed by atoms with Crippen LogP contribution in [0.5, 0.6) is 0 Å². The minimum atomic E-state index is -0.241. The SMILES string of the molecule is CCC(C)c1cc(C(=O)OC)c(C)n1CC. The molecule has 0 radical (unpaired) electrons. The Kier molecular flexibility index (Phi) is 4.16. The van der Waals surface area contributed by atoms with Crippen molar-refractivity contribution in [3.05, 3.63) is 23.0 Å². The summed E-state index contributed by atoms with van der Waals surface area (Å²) in [7, 11) is 1.42. The fraction of sp³-hybridized carbons (Fsp3) is 0.615. The van der Waals surface area contributed by atoms with Crippen LogP contribution in [-0.4, -0.2) is 17.6 Å². The van der Waals surface area contributed by atoms with Crippen molar-refractivity contribution in [2.75, 3.05) is 7.11 Å². The fourth-order valence-corrected chi connectivity index (χ4v) is 2.02. The summed E-state index contributed by atoms with van der Waals surface area (Å²) in [6, 6.07) is 1.97. The molecule has 0 saturated carbocycles. The van der Waals surface area contributed by atoms with Gasteiger partial charge >= 0.3 is 5.97 Å². The molecule has 0 saturated heterocycles. The fourth-order valence-electron chi connectivity index (χ4n) is 2.02. The molecule has 1 heterocycles. The van der Waals surface area contributed by atoms with Crippen LogP contribution in [0.3, 0.4) is 0 Å². The Morgan fingerprint density at radius 1 is 1.50 bits per heavy atom. The van der Waals surface area contributed by atoms with E-state index in [1.807, 2.05) is 13.0 Å². The highest BCUT2D eigenvalue weighted by atomic mass is 16.5. The van der Waals surface area contributed by atoms with Crippen LogP contribution in [0.15, 0.2) is 6.07 Å². The van der Waals surface area contributed by atoms with E-state index in [-0.39, 0.29) is 5.97 Å². The largest absolute Gasteiger partial charge is 0.465 e. The molecule has 1 aromatic heterocycles. The highest BCUT2D eigenvalue weighted by Crippen LogP contribution is 2.25. The lowest BCUT2D eigenvalue weighted by Gasteiger charge is -2.13. The quantitative estimate of drug-likeness (QED) is 0.734. The van der Waals surface area contributed by atoms with E-state index in [2.05, 4.69) is 25.3 Å². The maximum atomic E-state index is 11.6. The molecule has 0 N–H and O–H groups in total. The van der Waals surface area contributed by atoms with Crippen molar-refractivity contribution in [3.8, 4) is 0 Å². The summed E-state index contributed by atoms with van der Waals surface area (Å²) in [5.41, 5.74) is 2.92. The average Bonchev–Trinajstić information content (AvgIpc) is 2.64. The standard InChI is InChI=1S/C13H21NO2/c1-6-9(3)12-8-11(13(15)16-5)10(4)14(12)7-2/h8-9H,6-7H2,1-5H3. The van der Waals surface area contributed by atoms with Gasteiger partial charge in [0, 0.05) is 17.9 Å². The van der Waals surface area contributed by atoms with Crippen molar-refractivity contribution in [1.29, 1.82) is 0 Å². The van der Waals surface area contributed by atoms with Crippen LogP contribution in [-0.2, 0) is 11.3 Å². The Morgan fingerprint density at radius 3 is 2.56 bits per heavy atom. The smallest absolute Gasteiger partial charge is 0.339 e. The van der Waals surface area contributed by atoms with E-state index < -0.39 is 0 Å². The number of hydrogen-bond donors (Lipinski definition) is 0. The molecule has 0 aliphatic carbocycles. The average molecular weight is 223 g/mol. The van der Waals surface area contributed by atoms with Gasteiger partial charge < -0.3 is 9.30 Å². The lowest BCUT2D eigenvalue weighted by Crippen LogP contribution is -2.06. The Morgan fingerprint density at radius 2 is 2.12 bits per heavy atom. The molecule has 0 amide bonds. The molecule has 16 heavy (non-hydrogen) atoms. The van der Waals surface area contributed by atoms with Gasteiger partial charge in [-0.15, -0.1) is 0 Å². The Bertz CT molecular complexity index is 380. The molecular weight excluding hydrogens is 202 g/mol. The predicted molar refractivity (Wildman–Crippen MR) is 64.9 cm³/mol. The second-order valence-corrected chi connectivity index (χ2v) is 4.11. The van der Waals surface area contributed by atoms with Crippen LogP contribution in [0.2, 0.25) is 0 Å². The summed E-state index contributed by atoms with van der Waals surface area (Å²) in [6.07, 6.45) is 1.07. The maximum absolute atomic E-state index is 11.6. The van der Waals surface area contributed by atoms with Crippen molar-refractivity contribution < 1.29 is 9.53 Å². The van der Waals surface area contributed by atoms with Gasteiger partial charge in [0.25, 0.3) is 0 Å². The molecule has 3 heteroatoms. The number of carbonyl (C=O) groups is 1. The van der Waals surface area contributed by atoms with Gasteiger partial charge in [-0.05, 0) is 32.3 Å². The van der Waals surface area contributed by atoms with E-state index in [9.17, 15) is 4.79 Å². The van der Waals surface area contributed by atoms with Crippen molar-refractivity contribution in [2.45, 2.75) is 46.6 Å². The molecule has 0 aliphatic rings. The third-order valence-corrected chi connectivity index (χ3v) is 3.24. The number of carbonyl (C=O) groups excluding carboxylic acids is 1. The molecule has 1 atom stereocenters. The van der Waals surface area contributed by atoms with Gasteiger partial charge in [0.05, 0.1) is 12.7 Å². The summed E-state index contributed by atoms with van der Waals surface area (Å²) in [5.74, 6) is 0.228. The number of hydrogen-bond acceptors (Lipinski definition) is 2. The van der Waals surface area contributed by atoms with Gasteiger partial charge in [0.15, 0.2) is 0 Å². The first kappa shape index (κ1) is 12.8. The van der Waals surface area contributed by atoms with Gasteiger partial charge in [0.1, 0.15) is 0 Å². The van der Waals surface area contributed by atoms with E-state index >= 15 is 0 Å². The summed E-state index contributed by atoms with van der Waals surface area (Å²) in [6.45, 7) is 9.30. The lowest BCUT2D eigenvalue weighted by molar-refractivity contribution is 0.0600. The van der Waals surface area contributed by atoms with E-state index in [4.69, 9.17) is 4.74 Å². The Balaban J connectivity index is 3.25. The van der Waals surface area contributed by atoms with Crippen LogP contribution in [0, 0.1) is 6.92 Å². The van der Waals surface area contributed by atoms with Crippen LogP contribution in [0.1, 0.15) is 54.9 Å². The molecule has 0 bridgehead atoms. The normalized spacial score (nSPS) is 12.6. The van der Waals surface area contributed by atoms with Gasteiger partial charge in [-0.1, -0.05) is 13.8 Å². The first-order chi connectivity index (χ1) is 7.56. The van der Waals surface area contributed by atoms with Gasteiger partial charge in [-0.3, -0.25) is 0 Å². The zero-order valence-electron chi connectivity index (χ0n) is 10.8. The van der Waals surface area contributed by atoms with Crippen LogP contribution in [0.25, 0.3) is 0 Å². The number of methoxy groups -OCH3 is 1. The second-order valence-electron chi connectivity index (χ2n) is 4.11. The van der Waals surface area contributed by atoms with E-state index in [0.717, 1.165) is 18.7 Å². The lowest BCUT2D eigenvalue weighted by atomic mass is 10.0. The molecule has 3 nitrogen and oxygen atoms in total. The molecule has 0 fully saturated rings.